The number of furan rings is 1. The predicted molar refractivity (Wildman–Crippen MR) is 58.8 cm³/mol. The Morgan fingerprint density at radius 1 is 1.33 bits per heavy atom. The largest absolute Gasteiger partial charge is 0.472 e. The van der Waals surface area contributed by atoms with E-state index < -0.39 is 0 Å². The highest BCUT2D eigenvalue weighted by atomic mass is 32.1. The zero-order valence-electron chi connectivity index (χ0n) is 7.61. The molecule has 0 amide bonds. The minimum atomic E-state index is -0.320. The summed E-state index contributed by atoms with van der Waals surface area (Å²) in [6, 6.07) is 6.16. The third-order valence-electron chi connectivity index (χ3n) is 1.96. The highest BCUT2D eigenvalue weighted by Crippen LogP contribution is 2.27. The first-order valence-electron chi connectivity index (χ1n) is 4.21. The number of halogens is 1. The van der Waals surface area contributed by atoms with Gasteiger partial charge in [0, 0.05) is 11.1 Å². The fourth-order valence-corrected chi connectivity index (χ4v) is 1.38. The van der Waals surface area contributed by atoms with Crippen molar-refractivity contribution in [3.63, 3.8) is 0 Å². The van der Waals surface area contributed by atoms with Gasteiger partial charge in [-0.1, -0.05) is 0 Å². The first kappa shape index (κ1) is 9.77. The molecule has 1 aromatic carbocycles. The van der Waals surface area contributed by atoms with E-state index in [1.165, 1.54) is 24.7 Å². The van der Waals surface area contributed by atoms with Gasteiger partial charge in [0.05, 0.1) is 23.4 Å². The molecule has 4 heteroatoms. The summed E-state index contributed by atoms with van der Waals surface area (Å²) < 4.78 is 18.3. The summed E-state index contributed by atoms with van der Waals surface area (Å²) in [5, 5.41) is 2.24. The molecule has 15 heavy (non-hydrogen) atoms. The maximum absolute atomic E-state index is 13.4. The lowest BCUT2D eigenvalue weighted by atomic mass is 10.1. The molecule has 0 aliphatic carbocycles. The maximum atomic E-state index is 13.4. The van der Waals surface area contributed by atoms with Crippen LogP contribution in [0.2, 0.25) is 0 Å². The van der Waals surface area contributed by atoms with Gasteiger partial charge in [0.25, 0.3) is 0 Å². The van der Waals surface area contributed by atoms with Crippen molar-refractivity contribution < 1.29 is 8.81 Å². The average Bonchev–Trinajstić information content (AvgIpc) is 2.74. The maximum Gasteiger partial charge on any atom is 0.131 e. The van der Waals surface area contributed by atoms with Crippen molar-refractivity contribution in [3.8, 4) is 11.1 Å². The Bertz CT molecular complexity index is 515. The van der Waals surface area contributed by atoms with E-state index in [9.17, 15) is 4.39 Å². The van der Waals surface area contributed by atoms with Gasteiger partial charge in [-0.3, -0.25) is 0 Å². The fourth-order valence-electron chi connectivity index (χ4n) is 1.27. The average molecular weight is 219 g/mol. The molecule has 2 aromatic rings. The van der Waals surface area contributed by atoms with Crippen LogP contribution in [0.4, 0.5) is 10.1 Å². The van der Waals surface area contributed by atoms with Gasteiger partial charge in [-0.25, -0.2) is 4.39 Å². The van der Waals surface area contributed by atoms with Crippen LogP contribution in [0.25, 0.3) is 11.1 Å². The number of aliphatic imine (C=N–C) groups is 1. The van der Waals surface area contributed by atoms with Crippen LogP contribution < -0.4 is 0 Å². The topological polar surface area (TPSA) is 25.5 Å². The highest BCUT2D eigenvalue weighted by molar-refractivity contribution is 7.78. The van der Waals surface area contributed by atoms with Crippen LogP contribution in [0.3, 0.4) is 0 Å². The van der Waals surface area contributed by atoms with E-state index in [0.29, 0.717) is 16.8 Å². The molecule has 0 aliphatic rings. The number of isothiocyanates is 1. The number of benzene rings is 1. The lowest BCUT2D eigenvalue weighted by Crippen LogP contribution is -1.81. The van der Waals surface area contributed by atoms with Gasteiger partial charge in [0.15, 0.2) is 0 Å². The van der Waals surface area contributed by atoms with Gasteiger partial charge in [0.1, 0.15) is 5.82 Å². The van der Waals surface area contributed by atoms with E-state index >= 15 is 0 Å². The lowest BCUT2D eigenvalue weighted by molar-refractivity contribution is 0.567. The first-order valence-corrected chi connectivity index (χ1v) is 4.62. The van der Waals surface area contributed by atoms with Crippen molar-refractivity contribution in [2.75, 3.05) is 0 Å². The fraction of sp³-hybridized carbons (Fsp3) is 0. The molecule has 1 heterocycles. The summed E-state index contributed by atoms with van der Waals surface area (Å²) in [7, 11) is 0. The summed E-state index contributed by atoms with van der Waals surface area (Å²) in [6.45, 7) is 0. The molecule has 0 atom stereocenters. The summed E-state index contributed by atoms with van der Waals surface area (Å²) >= 11 is 4.48. The SMILES string of the molecule is Fc1ccc(N=C=S)cc1-c1ccoc1. The zero-order chi connectivity index (χ0) is 10.7. The zero-order valence-corrected chi connectivity index (χ0v) is 8.42. The molecular weight excluding hydrogens is 213 g/mol. The second-order valence-corrected chi connectivity index (χ2v) is 3.06. The van der Waals surface area contributed by atoms with Crippen LogP contribution >= 0.6 is 12.2 Å². The van der Waals surface area contributed by atoms with Crippen molar-refractivity contribution in [2.45, 2.75) is 0 Å². The first-order chi connectivity index (χ1) is 7.31. The van der Waals surface area contributed by atoms with Crippen LogP contribution in [0.1, 0.15) is 0 Å². The number of hydrogen-bond donors (Lipinski definition) is 0. The van der Waals surface area contributed by atoms with Gasteiger partial charge < -0.3 is 4.42 Å². The van der Waals surface area contributed by atoms with Gasteiger partial charge in [-0.05, 0) is 36.5 Å². The summed E-state index contributed by atoms with van der Waals surface area (Å²) in [4.78, 5) is 3.79. The molecule has 2 rings (SSSR count). The van der Waals surface area contributed by atoms with E-state index in [1.54, 1.807) is 12.1 Å². The van der Waals surface area contributed by atoms with E-state index in [4.69, 9.17) is 4.42 Å². The Labute approximate surface area is 91.1 Å². The van der Waals surface area contributed by atoms with Crippen LogP contribution in [0, 0.1) is 5.82 Å². The molecule has 74 valence electrons. The Morgan fingerprint density at radius 2 is 2.20 bits per heavy atom. The molecule has 0 saturated carbocycles. The molecule has 0 fully saturated rings. The van der Waals surface area contributed by atoms with E-state index in [0.717, 1.165) is 0 Å². The van der Waals surface area contributed by atoms with Crippen LogP contribution in [0.15, 0.2) is 46.2 Å². The summed E-state index contributed by atoms with van der Waals surface area (Å²) in [5.74, 6) is -0.320. The predicted octanol–water partition coefficient (Wildman–Crippen LogP) is 3.82. The van der Waals surface area contributed by atoms with Crippen LogP contribution in [0.5, 0.6) is 0 Å². The molecule has 2 nitrogen and oxygen atoms in total. The Morgan fingerprint density at radius 3 is 2.87 bits per heavy atom. The third-order valence-corrected chi connectivity index (χ3v) is 2.05. The van der Waals surface area contributed by atoms with E-state index in [1.807, 2.05) is 0 Å². The summed E-state index contributed by atoms with van der Waals surface area (Å²) in [6.07, 6.45) is 2.97. The molecule has 0 unspecified atom stereocenters. The van der Waals surface area contributed by atoms with Crippen molar-refractivity contribution in [1.29, 1.82) is 0 Å². The highest BCUT2D eigenvalue weighted by Gasteiger charge is 2.06. The van der Waals surface area contributed by atoms with Crippen molar-refractivity contribution >= 4 is 23.1 Å². The monoisotopic (exact) mass is 219 g/mol. The molecule has 0 aliphatic heterocycles. The van der Waals surface area contributed by atoms with Crippen molar-refractivity contribution in [2.24, 2.45) is 4.99 Å². The molecular formula is C11H6FNOS. The molecule has 0 saturated heterocycles. The number of nitrogens with zero attached hydrogens (tertiary/aromatic N) is 1. The van der Waals surface area contributed by atoms with Gasteiger partial charge >= 0.3 is 0 Å². The van der Waals surface area contributed by atoms with Crippen molar-refractivity contribution in [3.05, 3.63) is 42.6 Å². The second kappa shape index (κ2) is 4.17. The van der Waals surface area contributed by atoms with Crippen molar-refractivity contribution in [1.82, 2.24) is 0 Å². The lowest BCUT2D eigenvalue weighted by Gasteiger charge is -2.00. The van der Waals surface area contributed by atoms with Crippen LogP contribution in [-0.2, 0) is 0 Å². The minimum Gasteiger partial charge on any atom is -0.472 e. The standard InChI is InChI=1S/C11H6FNOS/c12-11-2-1-9(13-7-15)5-10(11)8-3-4-14-6-8/h1-6H. The minimum absolute atomic E-state index is 0.320. The second-order valence-electron chi connectivity index (χ2n) is 2.88. The molecule has 0 spiro atoms. The third kappa shape index (κ3) is 2.01. The number of hydrogen-bond acceptors (Lipinski definition) is 3. The van der Waals surface area contributed by atoms with Gasteiger partial charge in [-0.2, -0.15) is 4.99 Å². The molecule has 0 bridgehead atoms. The summed E-state index contributed by atoms with van der Waals surface area (Å²) in [5.41, 5.74) is 1.69. The van der Waals surface area contributed by atoms with Crippen LogP contribution in [-0.4, -0.2) is 5.16 Å². The van der Waals surface area contributed by atoms with E-state index in [2.05, 4.69) is 22.4 Å². The van der Waals surface area contributed by atoms with E-state index in [-0.39, 0.29) is 5.82 Å². The van der Waals surface area contributed by atoms with Gasteiger partial charge in [-0.15, -0.1) is 0 Å². The Kier molecular flexibility index (Phi) is 2.72. The quantitative estimate of drug-likeness (QED) is 0.566. The smallest absolute Gasteiger partial charge is 0.131 e. The molecule has 0 N–H and O–H groups in total. The normalized spacial score (nSPS) is 9.67. The number of rotatable bonds is 2. The Balaban J connectivity index is 2.55. The van der Waals surface area contributed by atoms with Gasteiger partial charge in [0.2, 0.25) is 0 Å². The molecule has 1 aromatic heterocycles. The molecule has 0 radical (unpaired) electrons. The Hall–Kier alpha value is -1.77. The number of thiocarbonyl (C=S) groups is 1.